The van der Waals surface area contributed by atoms with Crippen LogP contribution in [0.2, 0.25) is 0 Å². The molecular formula is C10H11FN4. The van der Waals surface area contributed by atoms with E-state index in [0.717, 1.165) is 12.1 Å². The molecule has 2 rings (SSSR count). The summed E-state index contributed by atoms with van der Waals surface area (Å²) in [5, 5.41) is 7.76. The van der Waals surface area contributed by atoms with Gasteiger partial charge in [0.05, 0.1) is 5.69 Å². The third-order valence-corrected chi connectivity index (χ3v) is 2.21. The normalized spacial score (nSPS) is 10.5. The quantitative estimate of drug-likeness (QED) is 0.760. The topological polar surface area (TPSA) is 56.7 Å². The number of nitrogens with two attached hydrogens (primary N) is 1. The fraction of sp³-hybridized carbons (Fsp3) is 0.200. The fourth-order valence-corrected chi connectivity index (χ4v) is 1.39. The minimum absolute atomic E-state index is 0.123. The second-order valence-corrected chi connectivity index (χ2v) is 3.18. The van der Waals surface area contributed by atoms with E-state index in [2.05, 4.69) is 10.2 Å². The van der Waals surface area contributed by atoms with E-state index < -0.39 is 5.82 Å². The van der Waals surface area contributed by atoms with Gasteiger partial charge in [-0.25, -0.2) is 4.39 Å². The number of nitrogen functional groups attached to an aromatic ring is 1. The number of anilines is 1. The maximum absolute atomic E-state index is 13.0. The van der Waals surface area contributed by atoms with Crippen molar-refractivity contribution in [2.45, 2.75) is 13.5 Å². The van der Waals surface area contributed by atoms with Crippen LogP contribution in [0.3, 0.4) is 0 Å². The minimum atomic E-state index is -0.415. The molecule has 1 aromatic heterocycles. The number of rotatable bonds is 2. The summed E-state index contributed by atoms with van der Waals surface area (Å²) < 4.78 is 14.8. The third-order valence-electron chi connectivity index (χ3n) is 2.21. The molecule has 0 aliphatic rings. The van der Waals surface area contributed by atoms with Crippen LogP contribution < -0.4 is 5.73 Å². The second kappa shape index (κ2) is 3.68. The van der Waals surface area contributed by atoms with Crippen LogP contribution in [0.4, 0.5) is 10.1 Å². The van der Waals surface area contributed by atoms with Gasteiger partial charge in [-0.3, -0.25) is 0 Å². The zero-order valence-electron chi connectivity index (χ0n) is 8.31. The molecule has 0 amide bonds. The number of aryl methyl sites for hydroxylation is 1. The first-order chi connectivity index (χ1) is 7.22. The van der Waals surface area contributed by atoms with Gasteiger partial charge in [0.15, 0.2) is 5.82 Å². The molecule has 0 aliphatic heterocycles. The molecule has 0 spiro atoms. The van der Waals surface area contributed by atoms with Gasteiger partial charge in [-0.05, 0) is 25.1 Å². The highest BCUT2D eigenvalue weighted by Crippen LogP contribution is 2.21. The highest BCUT2D eigenvalue weighted by Gasteiger charge is 2.07. The van der Waals surface area contributed by atoms with Crippen molar-refractivity contribution in [3.05, 3.63) is 30.3 Å². The number of hydrogen-bond donors (Lipinski definition) is 1. The van der Waals surface area contributed by atoms with Crippen LogP contribution in [0.5, 0.6) is 0 Å². The Morgan fingerprint density at radius 2 is 2.27 bits per heavy atom. The number of benzene rings is 1. The Labute approximate surface area is 86.6 Å². The molecule has 0 radical (unpaired) electrons. The summed E-state index contributed by atoms with van der Waals surface area (Å²) in [4.78, 5) is 0. The Morgan fingerprint density at radius 1 is 1.47 bits per heavy atom. The smallest absolute Gasteiger partial charge is 0.163 e. The molecule has 1 aromatic carbocycles. The van der Waals surface area contributed by atoms with E-state index in [0.29, 0.717) is 5.82 Å². The minimum Gasteiger partial charge on any atom is -0.396 e. The molecule has 0 unspecified atom stereocenters. The summed E-state index contributed by atoms with van der Waals surface area (Å²) in [6.07, 6.45) is 1.63. The molecule has 2 N–H and O–H groups in total. The Hall–Kier alpha value is -1.91. The van der Waals surface area contributed by atoms with Crippen molar-refractivity contribution < 1.29 is 4.39 Å². The molecule has 2 aromatic rings. The highest BCUT2D eigenvalue weighted by atomic mass is 19.1. The van der Waals surface area contributed by atoms with Crippen molar-refractivity contribution in [2.75, 3.05) is 5.73 Å². The van der Waals surface area contributed by atoms with Gasteiger partial charge in [0.25, 0.3) is 0 Å². The molecule has 0 saturated heterocycles. The van der Waals surface area contributed by atoms with E-state index in [1.54, 1.807) is 18.5 Å². The summed E-state index contributed by atoms with van der Waals surface area (Å²) >= 11 is 0. The SMILES string of the molecule is CCn1cnnc1-c1ccc(F)c(N)c1. The van der Waals surface area contributed by atoms with E-state index in [4.69, 9.17) is 5.73 Å². The van der Waals surface area contributed by atoms with Gasteiger partial charge in [-0.2, -0.15) is 0 Å². The number of aromatic nitrogens is 3. The van der Waals surface area contributed by atoms with Crippen molar-refractivity contribution in [2.24, 2.45) is 0 Å². The third kappa shape index (κ3) is 1.68. The van der Waals surface area contributed by atoms with Crippen LogP contribution in [0.1, 0.15) is 6.92 Å². The first-order valence-corrected chi connectivity index (χ1v) is 4.65. The Kier molecular flexibility index (Phi) is 2.37. The molecule has 0 atom stereocenters. The van der Waals surface area contributed by atoms with Crippen molar-refractivity contribution in [1.82, 2.24) is 14.8 Å². The highest BCUT2D eigenvalue weighted by molar-refractivity contribution is 5.61. The molecule has 5 heteroatoms. The lowest BCUT2D eigenvalue weighted by molar-refractivity contribution is 0.632. The first-order valence-electron chi connectivity index (χ1n) is 4.65. The summed E-state index contributed by atoms with van der Waals surface area (Å²) in [5.74, 6) is 0.283. The number of nitrogens with zero attached hydrogens (tertiary/aromatic N) is 3. The van der Waals surface area contributed by atoms with Gasteiger partial charge in [-0.1, -0.05) is 0 Å². The lowest BCUT2D eigenvalue weighted by Crippen LogP contribution is -1.97. The predicted octanol–water partition coefficient (Wildman–Crippen LogP) is 1.69. The second-order valence-electron chi connectivity index (χ2n) is 3.18. The van der Waals surface area contributed by atoms with Crippen molar-refractivity contribution in [1.29, 1.82) is 0 Å². The monoisotopic (exact) mass is 206 g/mol. The summed E-state index contributed by atoms with van der Waals surface area (Å²) in [7, 11) is 0. The van der Waals surface area contributed by atoms with Gasteiger partial charge < -0.3 is 10.3 Å². The van der Waals surface area contributed by atoms with E-state index in [1.807, 2.05) is 11.5 Å². The van der Waals surface area contributed by atoms with E-state index >= 15 is 0 Å². The molecule has 15 heavy (non-hydrogen) atoms. The summed E-state index contributed by atoms with van der Waals surface area (Å²) in [6, 6.07) is 4.53. The van der Waals surface area contributed by atoms with Crippen LogP contribution in [0.15, 0.2) is 24.5 Å². The number of hydrogen-bond acceptors (Lipinski definition) is 3. The van der Waals surface area contributed by atoms with Gasteiger partial charge in [0.1, 0.15) is 12.1 Å². The van der Waals surface area contributed by atoms with E-state index in [-0.39, 0.29) is 5.69 Å². The number of halogens is 1. The van der Waals surface area contributed by atoms with Crippen LogP contribution in [-0.2, 0) is 6.54 Å². The molecule has 0 fully saturated rings. The maximum atomic E-state index is 13.0. The molecule has 0 saturated carbocycles. The maximum Gasteiger partial charge on any atom is 0.163 e. The largest absolute Gasteiger partial charge is 0.396 e. The molecule has 1 heterocycles. The fourth-order valence-electron chi connectivity index (χ4n) is 1.39. The summed E-state index contributed by atoms with van der Waals surface area (Å²) in [5.41, 5.74) is 6.38. The van der Waals surface area contributed by atoms with Crippen LogP contribution in [0.25, 0.3) is 11.4 Å². The molecule has 4 nitrogen and oxygen atoms in total. The van der Waals surface area contributed by atoms with Crippen molar-refractivity contribution in [3.63, 3.8) is 0 Å². The van der Waals surface area contributed by atoms with Crippen molar-refractivity contribution >= 4 is 5.69 Å². The lowest BCUT2D eigenvalue weighted by Gasteiger charge is -2.04. The molecule has 0 aliphatic carbocycles. The summed E-state index contributed by atoms with van der Waals surface area (Å²) in [6.45, 7) is 2.75. The molecule has 0 bridgehead atoms. The van der Waals surface area contributed by atoms with Crippen molar-refractivity contribution in [3.8, 4) is 11.4 Å². The molecule has 78 valence electrons. The van der Waals surface area contributed by atoms with E-state index in [1.165, 1.54) is 6.07 Å². The van der Waals surface area contributed by atoms with Crippen LogP contribution in [-0.4, -0.2) is 14.8 Å². The van der Waals surface area contributed by atoms with Crippen LogP contribution >= 0.6 is 0 Å². The van der Waals surface area contributed by atoms with E-state index in [9.17, 15) is 4.39 Å². The van der Waals surface area contributed by atoms with Crippen LogP contribution in [0, 0.1) is 5.82 Å². The Bertz CT molecular complexity index is 478. The van der Waals surface area contributed by atoms with Gasteiger partial charge in [0.2, 0.25) is 0 Å². The Morgan fingerprint density at radius 3 is 2.93 bits per heavy atom. The standard InChI is InChI=1S/C10H11FN4/c1-2-15-6-13-14-10(15)7-3-4-8(11)9(12)5-7/h3-6H,2,12H2,1H3. The zero-order valence-corrected chi connectivity index (χ0v) is 8.31. The first kappa shape index (κ1) is 9.64. The average molecular weight is 206 g/mol. The van der Waals surface area contributed by atoms with Gasteiger partial charge >= 0.3 is 0 Å². The molecular weight excluding hydrogens is 195 g/mol. The zero-order chi connectivity index (χ0) is 10.8. The van der Waals surface area contributed by atoms with Gasteiger partial charge in [0, 0.05) is 12.1 Å². The average Bonchev–Trinajstić information content (AvgIpc) is 2.70. The predicted molar refractivity (Wildman–Crippen MR) is 55.5 cm³/mol. The Balaban J connectivity index is 2.50. The lowest BCUT2D eigenvalue weighted by atomic mass is 10.2. The van der Waals surface area contributed by atoms with Gasteiger partial charge in [-0.15, -0.1) is 10.2 Å².